The van der Waals surface area contributed by atoms with Crippen LogP contribution in [0, 0.1) is 0 Å². The Hall–Kier alpha value is -1.69. The maximum Gasteiger partial charge on any atom is 0.133 e. The average molecular weight is 320 g/mol. The van der Waals surface area contributed by atoms with Crippen LogP contribution >= 0.6 is 11.6 Å². The third kappa shape index (κ3) is 3.55. The van der Waals surface area contributed by atoms with E-state index in [2.05, 4.69) is 15.3 Å². The maximum atomic E-state index is 10.4. The van der Waals surface area contributed by atoms with Gasteiger partial charge in [0.25, 0.3) is 0 Å². The third-order valence-corrected chi connectivity index (χ3v) is 3.99. The van der Waals surface area contributed by atoms with Gasteiger partial charge in [-0.25, -0.2) is 9.97 Å². The van der Waals surface area contributed by atoms with Crippen molar-refractivity contribution < 1.29 is 10.2 Å². The standard InChI is InChI=1S/C16H18ClN3O2/c17-12-5-3-10(4-6-12)15(22)13(9-21)19-14-7-8-18-16(20-14)11-1-2-11/h3-8,11,13,15,21-22H,1-2,9H2,(H,18,19,20)/t13-,15-/m0/s1. The zero-order valence-electron chi connectivity index (χ0n) is 12.0. The van der Waals surface area contributed by atoms with E-state index in [-0.39, 0.29) is 6.61 Å². The van der Waals surface area contributed by atoms with Gasteiger partial charge < -0.3 is 15.5 Å². The molecule has 116 valence electrons. The van der Waals surface area contributed by atoms with Gasteiger partial charge in [-0.3, -0.25) is 0 Å². The summed E-state index contributed by atoms with van der Waals surface area (Å²) in [7, 11) is 0. The van der Waals surface area contributed by atoms with Crippen molar-refractivity contribution in [3.8, 4) is 0 Å². The van der Waals surface area contributed by atoms with Crippen LogP contribution in [0.3, 0.4) is 0 Å². The van der Waals surface area contributed by atoms with E-state index in [9.17, 15) is 10.2 Å². The van der Waals surface area contributed by atoms with E-state index in [4.69, 9.17) is 11.6 Å². The lowest BCUT2D eigenvalue weighted by Crippen LogP contribution is -2.31. The highest BCUT2D eigenvalue weighted by atomic mass is 35.5. The number of hydrogen-bond acceptors (Lipinski definition) is 5. The molecule has 3 N–H and O–H groups in total. The second-order valence-electron chi connectivity index (χ2n) is 5.50. The average Bonchev–Trinajstić information content (AvgIpc) is 3.38. The van der Waals surface area contributed by atoms with E-state index in [0.29, 0.717) is 22.3 Å². The van der Waals surface area contributed by atoms with Crippen molar-refractivity contribution in [1.82, 2.24) is 9.97 Å². The zero-order chi connectivity index (χ0) is 15.5. The van der Waals surface area contributed by atoms with Gasteiger partial charge in [-0.1, -0.05) is 23.7 Å². The van der Waals surface area contributed by atoms with Crippen molar-refractivity contribution in [3.05, 3.63) is 52.9 Å². The van der Waals surface area contributed by atoms with Gasteiger partial charge in [-0.05, 0) is 36.6 Å². The number of halogens is 1. The fraction of sp³-hybridized carbons (Fsp3) is 0.375. The van der Waals surface area contributed by atoms with Crippen molar-refractivity contribution in [3.63, 3.8) is 0 Å². The molecule has 2 atom stereocenters. The summed E-state index contributed by atoms with van der Waals surface area (Å²) in [5.41, 5.74) is 0.687. The second-order valence-corrected chi connectivity index (χ2v) is 5.94. The lowest BCUT2D eigenvalue weighted by Gasteiger charge is -2.23. The summed E-state index contributed by atoms with van der Waals surface area (Å²) in [5.74, 6) is 1.89. The minimum atomic E-state index is -0.860. The molecule has 0 saturated heterocycles. The Morgan fingerprint density at radius 1 is 1.23 bits per heavy atom. The van der Waals surface area contributed by atoms with E-state index in [0.717, 1.165) is 18.7 Å². The highest BCUT2D eigenvalue weighted by molar-refractivity contribution is 6.30. The monoisotopic (exact) mass is 319 g/mol. The van der Waals surface area contributed by atoms with E-state index < -0.39 is 12.1 Å². The van der Waals surface area contributed by atoms with E-state index >= 15 is 0 Å². The molecular formula is C16H18ClN3O2. The van der Waals surface area contributed by atoms with Crippen molar-refractivity contribution in [1.29, 1.82) is 0 Å². The van der Waals surface area contributed by atoms with Crippen molar-refractivity contribution in [2.24, 2.45) is 0 Å². The van der Waals surface area contributed by atoms with Crippen LogP contribution in [0.2, 0.25) is 5.02 Å². The van der Waals surface area contributed by atoms with Crippen molar-refractivity contribution in [2.45, 2.75) is 30.9 Å². The lowest BCUT2D eigenvalue weighted by atomic mass is 10.0. The number of anilines is 1. The molecule has 1 heterocycles. The molecular weight excluding hydrogens is 302 g/mol. The molecule has 3 rings (SSSR count). The Morgan fingerprint density at radius 2 is 1.95 bits per heavy atom. The summed E-state index contributed by atoms with van der Waals surface area (Å²) in [6, 6.07) is 8.10. The summed E-state index contributed by atoms with van der Waals surface area (Å²) in [6.45, 7) is -0.216. The van der Waals surface area contributed by atoms with Gasteiger partial charge in [-0.2, -0.15) is 0 Å². The summed E-state index contributed by atoms with van der Waals surface area (Å²) >= 11 is 5.85. The molecule has 1 aromatic heterocycles. The van der Waals surface area contributed by atoms with Crippen LogP contribution in [0.1, 0.15) is 36.3 Å². The predicted octanol–water partition coefficient (Wildman–Crippen LogP) is 2.51. The molecule has 0 spiro atoms. The Balaban J connectivity index is 1.73. The first-order chi connectivity index (χ1) is 10.7. The number of aliphatic hydroxyl groups excluding tert-OH is 2. The highest BCUT2D eigenvalue weighted by Crippen LogP contribution is 2.38. The number of nitrogens with one attached hydrogen (secondary N) is 1. The smallest absolute Gasteiger partial charge is 0.133 e. The minimum absolute atomic E-state index is 0.216. The summed E-state index contributed by atoms with van der Waals surface area (Å²) in [4.78, 5) is 8.70. The fourth-order valence-corrected chi connectivity index (χ4v) is 2.43. The largest absolute Gasteiger partial charge is 0.394 e. The van der Waals surface area contributed by atoms with Crippen LogP contribution < -0.4 is 5.32 Å². The molecule has 6 heteroatoms. The SMILES string of the molecule is OC[C@H](Nc1ccnc(C2CC2)n1)[C@@H](O)c1ccc(Cl)cc1. The Kier molecular flexibility index (Phi) is 4.57. The maximum absolute atomic E-state index is 10.4. The summed E-state index contributed by atoms with van der Waals surface area (Å²) in [5, 5.41) is 23.7. The molecule has 22 heavy (non-hydrogen) atoms. The van der Waals surface area contributed by atoms with Gasteiger partial charge in [0.2, 0.25) is 0 Å². The molecule has 1 fully saturated rings. The summed E-state index contributed by atoms with van der Waals surface area (Å²) < 4.78 is 0. The molecule has 0 bridgehead atoms. The first kappa shape index (κ1) is 15.2. The lowest BCUT2D eigenvalue weighted by molar-refractivity contribution is 0.118. The molecule has 0 aliphatic heterocycles. The molecule has 1 saturated carbocycles. The number of hydrogen-bond donors (Lipinski definition) is 3. The van der Waals surface area contributed by atoms with Crippen LogP contribution in [0.5, 0.6) is 0 Å². The predicted molar refractivity (Wildman–Crippen MR) is 84.9 cm³/mol. The van der Waals surface area contributed by atoms with Gasteiger partial charge in [0.15, 0.2) is 0 Å². The van der Waals surface area contributed by atoms with Gasteiger partial charge in [0.1, 0.15) is 17.7 Å². The number of aromatic nitrogens is 2. The summed E-state index contributed by atoms with van der Waals surface area (Å²) in [6.07, 6.45) is 3.09. The van der Waals surface area contributed by atoms with Crippen LogP contribution in [-0.4, -0.2) is 32.8 Å². The Labute approximate surface area is 134 Å². The van der Waals surface area contributed by atoms with Gasteiger partial charge >= 0.3 is 0 Å². The van der Waals surface area contributed by atoms with Crippen molar-refractivity contribution in [2.75, 3.05) is 11.9 Å². The fourth-order valence-electron chi connectivity index (χ4n) is 2.30. The van der Waals surface area contributed by atoms with E-state index in [1.807, 2.05) is 0 Å². The quantitative estimate of drug-likeness (QED) is 0.762. The third-order valence-electron chi connectivity index (χ3n) is 3.74. The zero-order valence-corrected chi connectivity index (χ0v) is 12.7. The second kappa shape index (κ2) is 6.60. The molecule has 1 aliphatic rings. The van der Waals surface area contributed by atoms with E-state index in [1.165, 1.54) is 0 Å². The van der Waals surface area contributed by atoms with Gasteiger partial charge in [-0.15, -0.1) is 0 Å². The molecule has 1 aliphatic carbocycles. The Bertz CT molecular complexity index is 632. The number of nitrogens with zero attached hydrogens (tertiary/aromatic N) is 2. The van der Waals surface area contributed by atoms with Crippen LogP contribution in [0.15, 0.2) is 36.5 Å². The van der Waals surface area contributed by atoms with Crippen LogP contribution in [-0.2, 0) is 0 Å². The normalized spacial score (nSPS) is 17.0. The van der Waals surface area contributed by atoms with Crippen LogP contribution in [0.4, 0.5) is 5.82 Å². The molecule has 2 aromatic rings. The minimum Gasteiger partial charge on any atom is -0.394 e. The highest BCUT2D eigenvalue weighted by Gasteiger charge is 2.27. The molecule has 0 amide bonds. The van der Waals surface area contributed by atoms with Gasteiger partial charge in [0.05, 0.1) is 12.6 Å². The number of rotatable bonds is 6. The number of aliphatic hydroxyl groups is 2. The van der Waals surface area contributed by atoms with Crippen LogP contribution in [0.25, 0.3) is 0 Å². The molecule has 1 aromatic carbocycles. The first-order valence-electron chi connectivity index (χ1n) is 7.31. The molecule has 0 radical (unpaired) electrons. The van der Waals surface area contributed by atoms with E-state index in [1.54, 1.807) is 36.5 Å². The Morgan fingerprint density at radius 3 is 2.59 bits per heavy atom. The first-order valence-corrected chi connectivity index (χ1v) is 7.69. The number of benzene rings is 1. The van der Waals surface area contributed by atoms with Gasteiger partial charge in [0, 0.05) is 17.1 Å². The molecule has 5 nitrogen and oxygen atoms in total. The van der Waals surface area contributed by atoms with Crippen molar-refractivity contribution >= 4 is 17.4 Å². The topological polar surface area (TPSA) is 78.3 Å². The molecule has 0 unspecified atom stereocenters.